The molecule has 9 nitrogen and oxygen atoms in total. The molecule has 5 rings (SSSR count). The number of nitrogens with zero attached hydrogens (tertiary/aromatic N) is 4. The third-order valence-corrected chi connectivity index (χ3v) is 6.23. The van der Waals surface area contributed by atoms with E-state index in [2.05, 4.69) is 30.9 Å². The molecular weight excluding hydrogens is 458 g/mol. The zero-order chi connectivity index (χ0) is 24.1. The van der Waals surface area contributed by atoms with Gasteiger partial charge < -0.3 is 15.4 Å². The molecule has 0 unspecified atom stereocenters. The van der Waals surface area contributed by atoms with Crippen LogP contribution in [0, 0.1) is 0 Å². The van der Waals surface area contributed by atoms with Crippen molar-refractivity contribution in [2.75, 3.05) is 5.32 Å². The maximum absolute atomic E-state index is 15.0. The fourth-order valence-electron chi connectivity index (χ4n) is 4.17. The van der Waals surface area contributed by atoms with Gasteiger partial charge in [0.15, 0.2) is 11.6 Å². The Bertz CT molecular complexity index is 1200. The fourth-order valence-corrected chi connectivity index (χ4v) is 4.17. The van der Waals surface area contributed by atoms with Gasteiger partial charge in [0.05, 0.1) is 12.1 Å². The molecule has 0 bridgehead atoms. The van der Waals surface area contributed by atoms with Crippen LogP contribution in [0.15, 0.2) is 24.5 Å². The Labute approximate surface area is 191 Å². The zero-order valence-electron chi connectivity index (χ0n) is 18.2. The van der Waals surface area contributed by atoms with Crippen molar-refractivity contribution in [3.63, 3.8) is 0 Å². The van der Waals surface area contributed by atoms with Gasteiger partial charge >= 0.3 is 12.3 Å². The maximum Gasteiger partial charge on any atom is 0.407 e. The van der Waals surface area contributed by atoms with Gasteiger partial charge in [-0.05, 0) is 38.7 Å². The first kappa shape index (κ1) is 22.4. The molecule has 3 N–H and O–H groups in total. The first-order chi connectivity index (χ1) is 16.1. The van der Waals surface area contributed by atoms with Crippen molar-refractivity contribution in [2.45, 2.75) is 68.9 Å². The van der Waals surface area contributed by atoms with Crippen molar-refractivity contribution >= 4 is 23.2 Å². The topological polar surface area (TPSA) is 109 Å². The minimum absolute atomic E-state index is 0.136. The zero-order valence-corrected chi connectivity index (χ0v) is 18.2. The number of anilines is 2. The highest BCUT2D eigenvalue weighted by Crippen LogP contribution is 2.39. The molecule has 0 radical (unpaired) electrons. The van der Waals surface area contributed by atoms with Crippen LogP contribution in [0.25, 0.3) is 5.52 Å². The van der Waals surface area contributed by atoms with E-state index in [1.807, 2.05) is 6.92 Å². The summed E-state index contributed by atoms with van der Waals surface area (Å²) in [6, 6.07) is 2.92. The van der Waals surface area contributed by atoms with E-state index in [1.165, 1.54) is 23.0 Å². The number of ether oxygens (including phenoxy) is 1. The number of aromatic amines is 1. The number of nitrogens with one attached hydrogen (secondary N) is 3. The molecule has 3 aromatic heterocycles. The summed E-state index contributed by atoms with van der Waals surface area (Å²) in [5, 5.41) is 16.6. The van der Waals surface area contributed by atoms with Crippen molar-refractivity contribution in [1.29, 1.82) is 0 Å². The predicted octanol–water partition coefficient (Wildman–Crippen LogP) is 4.16. The van der Waals surface area contributed by atoms with Gasteiger partial charge in [-0.25, -0.2) is 18.7 Å². The fraction of sp³-hybridized carbons (Fsp3) is 0.524. The lowest BCUT2D eigenvalue weighted by Crippen LogP contribution is -2.38. The molecule has 0 spiro atoms. The van der Waals surface area contributed by atoms with Crippen LogP contribution in [0.1, 0.15) is 49.9 Å². The Hall–Kier alpha value is -3.38. The average molecular weight is 481 g/mol. The predicted molar refractivity (Wildman–Crippen MR) is 113 cm³/mol. The van der Waals surface area contributed by atoms with Crippen molar-refractivity contribution < 1.29 is 27.1 Å². The number of hydrogen-bond donors (Lipinski definition) is 3. The highest BCUT2D eigenvalue weighted by molar-refractivity contribution is 5.72. The third kappa shape index (κ3) is 4.77. The summed E-state index contributed by atoms with van der Waals surface area (Å²) in [5.74, 6) is 0.0516. The first-order valence-electron chi connectivity index (χ1n) is 10.9. The largest absolute Gasteiger partial charge is 0.443 e. The lowest BCUT2D eigenvalue weighted by Gasteiger charge is -2.19. The number of aromatic nitrogens is 5. The highest BCUT2D eigenvalue weighted by atomic mass is 19.4. The Balaban J connectivity index is 1.25. The summed E-state index contributed by atoms with van der Waals surface area (Å²) in [6.07, 6.45) is -2.92. The summed E-state index contributed by atoms with van der Waals surface area (Å²) in [5.41, 5.74) is 0.488. The van der Waals surface area contributed by atoms with Crippen molar-refractivity contribution in [2.24, 2.45) is 0 Å². The molecule has 13 heteroatoms. The van der Waals surface area contributed by atoms with Crippen molar-refractivity contribution in [3.05, 3.63) is 35.9 Å². The Morgan fingerprint density at radius 2 is 2.12 bits per heavy atom. The molecule has 0 aliphatic heterocycles. The molecule has 3 heterocycles. The summed E-state index contributed by atoms with van der Waals surface area (Å²) in [7, 11) is 0. The van der Waals surface area contributed by atoms with Crippen LogP contribution in [0.4, 0.5) is 34.0 Å². The van der Waals surface area contributed by atoms with Gasteiger partial charge in [-0.15, -0.1) is 0 Å². The van der Waals surface area contributed by atoms with Gasteiger partial charge in [0.2, 0.25) is 0 Å². The van der Waals surface area contributed by atoms with E-state index < -0.39 is 36.9 Å². The number of alkyl halides is 4. The molecule has 1 amide bonds. The van der Waals surface area contributed by atoms with E-state index in [9.17, 15) is 18.0 Å². The second-order valence-corrected chi connectivity index (χ2v) is 9.12. The molecule has 2 fully saturated rings. The van der Waals surface area contributed by atoms with Crippen molar-refractivity contribution in [3.8, 4) is 0 Å². The van der Waals surface area contributed by atoms with Crippen molar-refractivity contribution in [1.82, 2.24) is 30.1 Å². The molecular formula is C21H23F4N7O2. The van der Waals surface area contributed by atoms with E-state index >= 15 is 4.39 Å². The molecule has 0 saturated heterocycles. The van der Waals surface area contributed by atoms with E-state index in [0.29, 0.717) is 29.9 Å². The number of carbonyl (C=O) groups is 1. The third-order valence-electron chi connectivity index (χ3n) is 6.23. The minimum atomic E-state index is -4.38. The quantitative estimate of drug-likeness (QED) is 0.456. The average Bonchev–Trinajstić information content (AvgIpc) is 3.10. The Kier molecular flexibility index (Phi) is 5.36. The standard InChI is InChI=1S/C21H23F4N7O2/c1-20(4-5-20)28-19(33)34-15-3-2-12(17(15)22)13-9-16(30-29-13)27-18-14-8-11(10-21(23,24)25)31-32(14)7-6-26-18/h6-9,12,15,17H,2-5,10H2,1H3,(H,28,33)(H2,26,27,29,30)/t12-,15-,17-/m0/s1. The smallest absolute Gasteiger partial charge is 0.407 e. The lowest BCUT2D eigenvalue weighted by atomic mass is 10.0. The second kappa shape index (κ2) is 8.13. The molecule has 3 aromatic rings. The number of rotatable bonds is 6. The van der Waals surface area contributed by atoms with Gasteiger partial charge in [0, 0.05) is 35.6 Å². The van der Waals surface area contributed by atoms with Gasteiger partial charge in [0.25, 0.3) is 0 Å². The summed E-state index contributed by atoms with van der Waals surface area (Å²) in [6.45, 7) is 1.91. The molecule has 2 aliphatic carbocycles. The summed E-state index contributed by atoms with van der Waals surface area (Å²) >= 11 is 0. The highest BCUT2D eigenvalue weighted by Gasteiger charge is 2.43. The number of amides is 1. The molecule has 2 saturated carbocycles. The second-order valence-electron chi connectivity index (χ2n) is 9.12. The number of halogens is 4. The number of carbonyl (C=O) groups excluding carboxylic acids is 1. The Morgan fingerprint density at radius 1 is 1.32 bits per heavy atom. The van der Waals surface area contributed by atoms with Crippen LogP contribution in [-0.4, -0.2) is 54.9 Å². The van der Waals surface area contributed by atoms with E-state index in [1.54, 1.807) is 6.07 Å². The maximum atomic E-state index is 15.0. The molecule has 2 aliphatic rings. The molecule has 3 atom stereocenters. The number of H-pyrrole nitrogens is 1. The Morgan fingerprint density at radius 3 is 2.85 bits per heavy atom. The summed E-state index contributed by atoms with van der Waals surface area (Å²) < 4.78 is 59.8. The monoisotopic (exact) mass is 481 g/mol. The number of fused-ring (bicyclic) bond motifs is 1. The molecule has 182 valence electrons. The van der Waals surface area contributed by atoms with Crippen LogP contribution in [0.5, 0.6) is 0 Å². The number of alkyl carbamates (subject to hydrolysis) is 1. The SMILES string of the molecule is CC1(NC(=O)O[C@H]2CC[C@@H](c3cc(Nc4nccn5nc(CC(F)(F)F)cc45)n[nH]3)[C@@H]2F)CC1. The molecule has 0 aromatic carbocycles. The van der Waals surface area contributed by atoms with Gasteiger partial charge in [-0.3, -0.25) is 5.10 Å². The van der Waals surface area contributed by atoms with Gasteiger partial charge in [-0.1, -0.05) is 0 Å². The van der Waals surface area contributed by atoms with Gasteiger partial charge in [0.1, 0.15) is 17.8 Å². The first-order valence-corrected chi connectivity index (χ1v) is 10.9. The van der Waals surface area contributed by atoms with Crippen LogP contribution in [0.2, 0.25) is 0 Å². The molecule has 34 heavy (non-hydrogen) atoms. The normalized spacial score (nSPS) is 23.7. The van der Waals surface area contributed by atoms with Gasteiger partial charge in [-0.2, -0.15) is 23.4 Å². The van der Waals surface area contributed by atoms with Crippen LogP contribution < -0.4 is 10.6 Å². The van der Waals surface area contributed by atoms with Crippen LogP contribution in [0.3, 0.4) is 0 Å². The van der Waals surface area contributed by atoms with E-state index in [-0.39, 0.29) is 17.1 Å². The lowest BCUT2D eigenvalue weighted by molar-refractivity contribution is -0.127. The summed E-state index contributed by atoms with van der Waals surface area (Å²) in [4.78, 5) is 16.2. The van der Waals surface area contributed by atoms with Crippen LogP contribution >= 0.6 is 0 Å². The number of hydrogen-bond acceptors (Lipinski definition) is 6. The van der Waals surface area contributed by atoms with E-state index in [0.717, 1.165) is 12.8 Å². The van der Waals surface area contributed by atoms with E-state index in [4.69, 9.17) is 4.74 Å². The van der Waals surface area contributed by atoms with Crippen LogP contribution in [-0.2, 0) is 11.2 Å². The minimum Gasteiger partial charge on any atom is -0.443 e.